The molecule has 0 saturated heterocycles. The molecule has 23 heavy (non-hydrogen) atoms. The molecule has 0 spiro atoms. The second-order valence-corrected chi connectivity index (χ2v) is 5.92. The molecule has 1 heterocycles. The fraction of sp³-hybridized carbons (Fsp3) is 0.118. The molecule has 0 aliphatic rings. The molecule has 0 saturated carbocycles. The topological polar surface area (TPSA) is 47.8 Å². The van der Waals surface area contributed by atoms with Crippen molar-refractivity contribution in [3.8, 4) is 17.1 Å². The maximum absolute atomic E-state index is 13.2. The Balaban J connectivity index is 2.10. The molecule has 0 N–H and O–H groups in total. The van der Waals surface area contributed by atoms with E-state index < -0.39 is 0 Å². The Bertz CT molecular complexity index is 816. The Labute approximate surface area is 137 Å². The number of halogens is 1. The van der Waals surface area contributed by atoms with Crippen LogP contribution in [0.15, 0.2) is 59.8 Å². The van der Waals surface area contributed by atoms with Crippen molar-refractivity contribution in [2.24, 2.45) is 0 Å². The summed E-state index contributed by atoms with van der Waals surface area (Å²) in [6.45, 7) is 1.53. The summed E-state index contributed by atoms with van der Waals surface area (Å²) in [6, 6.07) is 15.8. The van der Waals surface area contributed by atoms with Crippen LogP contribution in [-0.2, 0) is 4.79 Å². The monoisotopic (exact) mass is 327 g/mol. The Morgan fingerprint density at radius 2 is 1.78 bits per heavy atom. The average molecular weight is 327 g/mol. The number of hydrogen-bond donors (Lipinski definition) is 0. The van der Waals surface area contributed by atoms with Gasteiger partial charge in [0.25, 0.3) is 0 Å². The summed E-state index contributed by atoms with van der Waals surface area (Å²) in [5, 5.41) is 9.05. The second-order valence-electron chi connectivity index (χ2n) is 4.97. The van der Waals surface area contributed by atoms with Crippen molar-refractivity contribution in [3.05, 3.63) is 60.4 Å². The molecular formula is C17H14FN3OS. The van der Waals surface area contributed by atoms with Crippen LogP contribution >= 0.6 is 11.8 Å². The van der Waals surface area contributed by atoms with Crippen LogP contribution < -0.4 is 0 Å². The van der Waals surface area contributed by atoms with Crippen molar-refractivity contribution in [2.45, 2.75) is 12.1 Å². The quantitative estimate of drug-likeness (QED) is 0.670. The molecule has 2 aromatic carbocycles. The lowest BCUT2D eigenvalue weighted by Crippen LogP contribution is -2.02. The predicted molar refractivity (Wildman–Crippen MR) is 88.2 cm³/mol. The molecule has 0 fully saturated rings. The fourth-order valence-electron chi connectivity index (χ4n) is 2.13. The minimum absolute atomic E-state index is 0.0601. The molecule has 3 aromatic rings. The van der Waals surface area contributed by atoms with Crippen LogP contribution in [0.4, 0.5) is 4.39 Å². The van der Waals surface area contributed by atoms with Gasteiger partial charge in [-0.15, -0.1) is 10.2 Å². The second kappa shape index (κ2) is 6.75. The third-order valence-corrected chi connectivity index (χ3v) is 4.23. The summed E-state index contributed by atoms with van der Waals surface area (Å²) in [7, 11) is 0. The largest absolute Gasteiger partial charge is 0.299 e. The highest BCUT2D eigenvalue weighted by Gasteiger charge is 2.16. The van der Waals surface area contributed by atoms with E-state index in [1.807, 2.05) is 34.9 Å². The number of Topliss-reactive ketones (excluding diaryl/α,β-unsaturated/α-hetero) is 1. The van der Waals surface area contributed by atoms with Crippen molar-refractivity contribution in [1.82, 2.24) is 14.8 Å². The first-order valence-electron chi connectivity index (χ1n) is 7.04. The molecule has 0 aliphatic carbocycles. The van der Waals surface area contributed by atoms with Gasteiger partial charge in [-0.05, 0) is 31.2 Å². The van der Waals surface area contributed by atoms with Gasteiger partial charge in [0.15, 0.2) is 11.0 Å². The molecule has 0 radical (unpaired) electrons. The van der Waals surface area contributed by atoms with Gasteiger partial charge in [0, 0.05) is 11.3 Å². The Hall–Kier alpha value is -2.47. The third-order valence-electron chi connectivity index (χ3n) is 3.15. The molecular weight excluding hydrogens is 313 g/mol. The number of benzene rings is 2. The highest BCUT2D eigenvalue weighted by atomic mass is 32.2. The summed E-state index contributed by atoms with van der Waals surface area (Å²) in [6.07, 6.45) is 0. The number of ketones is 1. The van der Waals surface area contributed by atoms with Crippen LogP contribution in [0.2, 0.25) is 0 Å². The van der Waals surface area contributed by atoms with E-state index in [1.165, 1.54) is 30.8 Å². The zero-order valence-corrected chi connectivity index (χ0v) is 13.3. The van der Waals surface area contributed by atoms with Crippen LogP contribution in [0.3, 0.4) is 0 Å². The van der Waals surface area contributed by atoms with E-state index in [1.54, 1.807) is 12.1 Å². The van der Waals surface area contributed by atoms with E-state index in [-0.39, 0.29) is 11.6 Å². The Morgan fingerprint density at radius 3 is 2.43 bits per heavy atom. The number of thioether (sulfide) groups is 1. The molecule has 0 unspecified atom stereocenters. The normalized spacial score (nSPS) is 10.7. The van der Waals surface area contributed by atoms with Gasteiger partial charge in [-0.25, -0.2) is 4.39 Å². The van der Waals surface area contributed by atoms with Crippen LogP contribution in [0, 0.1) is 5.82 Å². The maximum Gasteiger partial charge on any atom is 0.196 e. The summed E-state index contributed by atoms with van der Waals surface area (Å²) in [5.41, 5.74) is 1.65. The molecule has 3 rings (SSSR count). The fourth-order valence-corrected chi connectivity index (χ4v) is 2.88. The first kappa shape index (κ1) is 15.4. The third kappa shape index (κ3) is 3.48. The van der Waals surface area contributed by atoms with E-state index >= 15 is 0 Å². The van der Waals surface area contributed by atoms with Crippen LogP contribution in [0.25, 0.3) is 17.1 Å². The lowest BCUT2D eigenvalue weighted by atomic mass is 10.2. The van der Waals surface area contributed by atoms with Crippen LogP contribution in [-0.4, -0.2) is 26.3 Å². The van der Waals surface area contributed by atoms with E-state index in [9.17, 15) is 9.18 Å². The van der Waals surface area contributed by atoms with E-state index in [2.05, 4.69) is 10.2 Å². The summed E-state index contributed by atoms with van der Waals surface area (Å²) in [5.74, 6) is 0.725. The molecule has 0 amide bonds. The van der Waals surface area contributed by atoms with Crippen molar-refractivity contribution < 1.29 is 9.18 Å². The molecule has 1 aromatic heterocycles. The van der Waals surface area contributed by atoms with Crippen molar-refractivity contribution in [2.75, 3.05) is 5.75 Å². The number of aromatic nitrogens is 3. The standard InChI is InChI=1S/C17H14FN3OS/c1-12(22)11-23-17-20-19-16(13-5-3-2-4-6-13)21(17)15-9-7-14(18)8-10-15/h2-10H,11H2,1H3. The number of rotatable bonds is 5. The van der Waals surface area contributed by atoms with Crippen LogP contribution in [0.1, 0.15) is 6.92 Å². The van der Waals surface area contributed by atoms with Gasteiger partial charge in [-0.3, -0.25) is 9.36 Å². The van der Waals surface area contributed by atoms with Crippen molar-refractivity contribution in [1.29, 1.82) is 0 Å². The van der Waals surface area contributed by atoms with E-state index in [0.717, 1.165) is 11.3 Å². The number of carbonyl (C=O) groups is 1. The maximum atomic E-state index is 13.2. The number of nitrogens with zero attached hydrogens (tertiary/aromatic N) is 3. The smallest absolute Gasteiger partial charge is 0.196 e. The zero-order valence-electron chi connectivity index (χ0n) is 12.4. The minimum atomic E-state index is -0.305. The SMILES string of the molecule is CC(=O)CSc1nnc(-c2ccccc2)n1-c1ccc(F)cc1. The average Bonchev–Trinajstić information content (AvgIpc) is 2.98. The highest BCUT2D eigenvalue weighted by Crippen LogP contribution is 2.27. The zero-order chi connectivity index (χ0) is 16.2. The van der Waals surface area contributed by atoms with E-state index in [0.29, 0.717) is 16.7 Å². The van der Waals surface area contributed by atoms with Gasteiger partial charge >= 0.3 is 0 Å². The molecule has 0 bridgehead atoms. The molecule has 6 heteroatoms. The van der Waals surface area contributed by atoms with E-state index in [4.69, 9.17) is 0 Å². The van der Waals surface area contributed by atoms with Crippen molar-refractivity contribution in [3.63, 3.8) is 0 Å². The van der Waals surface area contributed by atoms with Crippen LogP contribution in [0.5, 0.6) is 0 Å². The molecule has 4 nitrogen and oxygen atoms in total. The highest BCUT2D eigenvalue weighted by molar-refractivity contribution is 7.99. The van der Waals surface area contributed by atoms with Gasteiger partial charge in [-0.1, -0.05) is 42.1 Å². The summed E-state index contributed by atoms with van der Waals surface area (Å²) >= 11 is 1.32. The molecule has 116 valence electrons. The lowest BCUT2D eigenvalue weighted by Gasteiger charge is -2.10. The van der Waals surface area contributed by atoms with Gasteiger partial charge in [-0.2, -0.15) is 0 Å². The first-order valence-corrected chi connectivity index (χ1v) is 8.03. The van der Waals surface area contributed by atoms with Gasteiger partial charge in [0.1, 0.15) is 11.6 Å². The molecule has 0 aliphatic heterocycles. The Morgan fingerprint density at radius 1 is 1.09 bits per heavy atom. The number of carbonyl (C=O) groups excluding carboxylic acids is 1. The first-order chi connectivity index (χ1) is 11.1. The van der Waals surface area contributed by atoms with Crippen molar-refractivity contribution >= 4 is 17.5 Å². The Kier molecular flexibility index (Phi) is 4.52. The van der Waals surface area contributed by atoms with Gasteiger partial charge < -0.3 is 0 Å². The molecule has 0 atom stereocenters. The van der Waals surface area contributed by atoms with Gasteiger partial charge in [0.2, 0.25) is 0 Å². The van der Waals surface area contributed by atoms with Gasteiger partial charge in [0.05, 0.1) is 5.75 Å². The minimum Gasteiger partial charge on any atom is -0.299 e. The summed E-state index contributed by atoms with van der Waals surface area (Å²) in [4.78, 5) is 11.3. The summed E-state index contributed by atoms with van der Waals surface area (Å²) < 4.78 is 15.1. The predicted octanol–water partition coefficient (Wildman–Crippen LogP) is 3.75. The lowest BCUT2D eigenvalue weighted by molar-refractivity contribution is -0.114. The number of hydrogen-bond acceptors (Lipinski definition) is 4.